The van der Waals surface area contributed by atoms with Gasteiger partial charge in [0.25, 0.3) is 5.91 Å². The molecule has 6 heteroatoms. The normalized spacial score (nSPS) is 17.1. The predicted octanol–water partition coefficient (Wildman–Crippen LogP) is 1.57. The summed E-state index contributed by atoms with van der Waals surface area (Å²) in [5.41, 5.74) is 1.07. The molecule has 1 aliphatic heterocycles. The fraction of sp³-hybridized carbons (Fsp3) is 0.214. The molecular formula is C14H15N3O2S. The van der Waals surface area contributed by atoms with E-state index < -0.39 is 0 Å². The lowest BCUT2D eigenvalue weighted by atomic mass is 10.3. The molecule has 104 valence electrons. The number of hydrogen-bond donors (Lipinski definition) is 0. The highest BCUT2D eigenvalue weighted by Crippen LogP contribution is 2.21. The maximum Gasteiger partial charge on any atom is 0.278 e. The van der Waals surface area contributed by atoms with Gasteiger partial charge in [0.1, 0.15) is 5.70 Å². The number of likely N-dealkylation sites (N-methyl/N-ethyl adjacent to an activating group) is 2. The number of para-hydroxylation sites is 1. The number of amides is 2. The van der Waals surface area contributed by atoms with Crippen molar-refractivity contribution in [2.24, 2.45) is 0 Å². The summed E-state index contributed by atoms with van der Waals surface area (Å²) in [6.07, 6.45) is 1.52. The lowest BCUT2D eigenvalue weighted by molar-refractivity contribution is -0.121. The molecule has 0 bridgehead atoms. The van der Waals surface area contributed by atoms with E-state index in [0.29, 0.717) is 16.5 Å². The van der Waals surface area contributed by atoms with Gasteiger partial charge in [-0.25, -0.2) is 0 Å². The van der Waals surface area contributed by atoms with Crippen LogP contribution in [-0.4, -0.2) is 40.8 Å². The average molecular weight is 289 g/mol. The van der Waals surface area contributed by atoms with Gasteiger partial charge >= 0.3 is 0 Å². The third-order valence-corrected chi connectivity index (χ3v) is 3.63. The minimum atomic E-state index is -0.223. The van der Waals surface area contributed by atoms with Gasteiger partial charge in [-0.1, -0.05) is 18.2 Å². The highest BCUT2D eigenvalue weighted by Gasteiger charge is 2.33. The lowest BCUT2D eigenvalue weighted by Gasteiger charge is -2.19. The quantitative estimate of drug-likeness (QED) is 0.612. The zero-order valence-electron chi connectivity index (χ0n) is 11.5. The second kappa shape index (κ2) is 5.42. The number of benzene rings is 1. The Hall–Kier alpha value is -2.21. The van der Waals surface area contributed by atoms with Gasteiger partial charge in [0.05, 0.1) is 0 Å². The molecule has 0 atom stereocenters. The van der Waals surface area contributed by atoms with E-state index in [2.05, 4.69) is 0 Å². The molecule has 0 aromatic heterocycles. The van der Waals surface area contributed by atoms with Crippen LogP contribution in [0.1, 0.15) is 6.92 Å². The first-order chi connectivity index (χ1) is 9.43. The van der Waals surface area contributed by atoms with Gasteiger partial charge in [-0.15, -0.1) is 0 Å². The average Bonchev–Trinajstić information content (AvgIpc) is 2.62. The molecule has 5 nitrogen and oxygen atoms in total. The molecule has 1 heterocycles. The minimum Gasteiger partial charge on any atom is -0.316 e. The molecule has 0 radical (unpaired) electrons. The maximum atomic E-state index is 12.1. The summed E-state index contributed by atoms with van der Waals surface area (Å²) < 4.78 is 0. The van der Waals surface area contributed by atoms with Gasteiger partial charge in [-0.05, 0) is 24.4 Å². The van der Waals surface area contributed by atoms with Crippen molar-refractivity contribution in [3.8, 4) is 0 Å². The second-order valence-electron chi connectivity index (χ2n) is 4.44. The predicted molar refractivity (Wildman–Crippen MR) is 80.8 cm³/mol. The number of nitrogens with zero attached hydrogens (tertiary/aromatic N) is 3. The lowest BCUT2D eigenvalue weighted by Crippen LogP contribution is -2.27. The number of carbonyl (C=O) groups excluding carboxylic acids is 2. The number of thiocarbonyl (C=S) groups is 1. The summed E-state index contributed by atoms with van der Waals surface area (Å²) >= 11 is 5.14. The van der Waals surface area contributed by atoms with Crippen molar-refractivity contribution >= 4 is 34.8 Å². The summed E-state index contributed by atoms with van der Waals surface area (Å²) in [4.78, 5) is 28.3. The third kappa shape index (κ3) is 2.42. The zero-order valence-corrected chi connectivity index (χ0v) is 12.3. The van der Waals surface area contributed by atoms with Crippen molar-refractivity contribution in [1.82, 2.24) is 9.80 Å². The van der Waals surface area contributed by atoms with Crippen molar-refractivity contribution < 1.29 is 9.59 Å². The molecule has 20 heavy (non-hydrogen) atoms. The fourth-order valence-electron chi connectivity index (χ4n) is 1.93. The molecule has 0 N–H and O–H groups in total. The Morgan fingerprint density at radius 3 is 2.25 bits per heavy atom. The highest BCUT2D eigenvalue weighted by atomic mass is 32.1. The third-order valence-electron chi connectivity index (χ3n) is 3.08. The summed E-state index contributed by atoms with van der Waals surface area (Å²) in [6, 6.07) is 9.14. The fourth-order valence-corrected chi connectivity index (χ4v) is 2.11. The molecule has 2 rings (SSSR count). The molecule has 0 spiro atoms. The minimum absolute atomic E-state index is 0.176. The summed E-state index contributed by atoms with van der Waals surface area (Å²) in [5.74, 6) is -0.398. The molecule has 1 saturated heterocycles. The van der Waals surface area contributed by atoms with E-state index in [-0.39, 0.29) is 11.8 Å². The van der Waals surface area contributed by atoms with Gasteiger partial charge in [-0.2, -0.15) is 0 Å². The number of rotatable bonds is 2. The Balaban J connectivity index is 2.43. The Bertz CT molecular complexity index is 598. The van der Waals surface area contributed by atoms with E-state index in [0.717, 1.165) is 0 Å². The Morgan fingerprint density at radius 2 is 1.80 bits per heavy atom. The SMILES string of the molecule is CC(=O)N(C=C1C(=O)N(C)C(=S)N1C)c1ccccc1. The largest absolute Gasteiger partial charge is 0.316 e. The maximum absolute atomic E-state index is 12.1. The van der Waals surface area contributed by atoms with Gasteiger partial charge in [0, 0.05) is 32.9 Å². The summed E-state index contributed by atoms with van der Waals surface area (Å²) in [6.45, 7) is 1.45. The van der Waals surface area contributed by atoms with E-state index in [9.17, 15) is 9.59 Å². The second-order valence-corrected chi connectivity index (χ2v) is 4.81. The van der Waals surface area contributed by atoms with E-state index in [1.54, 1.807) is 31.1 Å². The van der Waals surface area contributed by atoms with E-state index in [1.165, 1.54) is 22.9 Å². The first-order valence-corrected chi connectivity index (χ1v) is 6.46. The van der Waals surface area contributed by atoms with Crippen LogP contribution in [0, 0.1) is 0 Å². The van der Waals surface area contributed by atoms with Crippen LogP contribution in [0.2, 0.25) is 0 Å². The molecular weight excluding hydrogens is 274 g/mol. The molecule has 1 aromatic rings. The molecule has 0 saturated carbocycles. The van der Waals surface area contributed by atoms with Gasteiger partial charge < -0.3 is 4.90 Å². The standard InChI is InChI=1S/C14H15N3O2S/c1-10(18)17(11-7-5-4-6-8-11)9-12-13(19)16(3)14(20)15(12)2/h4-9H,1-3H3. The van der Waals surface area contributed by atoms with Crippen molar-refractivity contribution in [1.29, 1.82) is 0 Å². The molecule has 0 aliphatic carbocycles. The van der Waals surface area contributed by atoms with E-state index >= 15 is 0 Å². The van der Waals surface area contributed by atoms with Crippen LogP contribution in [0.4, 0.5) is 5.69 Å². The van der Waals surface area contributed by atoms with Gasteiger partial charge in [-0.3, -0.25) is 19.4 Å². The van der Waals surface area contributed by atoms with E-state index in [1.807, 2.05) is 18.2 Å². The topological polar surface area (TPSA) is 43.9 Å². The summed E-state index contributed by atoms with van der Waals surface area (Å²) in [5, 5.41) is 0.415. The zero-order chi connectivity index (χ0) is 14.9. The molecule has 2 amide bonds. The van der Waals surface area contributed by atoms with Crippen molar-refractivity contribution in [3.05, 3.63) is 42.2 Å². The smallest absolute Gasteiger partial charge is 0.278 e. The van der Waals surface area contributed by atoms with Gasteiger partial charge in [0.2, 0.25) is 5.91 Å². The number of hydrogen-bond acceptors (Lipinski definition) is 3. The number of carbonyl (C=O) groups is 2. The van der Waals surface area contributed by atoms with Gasteiger partial charge in [0.15, 0.2) is 5.11 Å². The number of anilines is 1. The monoisotopic (exact) mass is 289 g/mol. The van der Waals surface area contributed by atoms with Crippen LogP contribution >= 0.6 is 12.2 Å². The first kappa shape index (κ1) is 14.2. The van der Waals surface area contributed by atoms with Crippen molar-refractivity contribution in [3.63, 3.8) is 0 Å². The Kier molecular flexibility index (Phi) is 3.85. The van der Waals surface area contributed by atoms with Crippen molar-refractivity contribution in [2.45, 2.75) is 6.92 Å². The van der Waals surface area contributed by atoms with E-state index in [4.69, 9.17) is 12.2 Å². The molecule has 1 fully saturated rings. The van der Waals surface area contributed by atoms with Crippen LogP contribution in [0.15, 0.2) is 42.2 Å². The Labute approximate surface area is 123 Å². The highest BCUT2D eigenvalue weighted by molar-refractivity contribution is 7.80. The molecule has 1 aliphatic rings. The summed E-state index contributed by atoms with van der Waals surface area (Å²) in [7, 11) is 3.32. The first-order valence-electron chi connectivity index (χ1n) is 6.06. The molecule has 1 aromatic carbocycles. The molecule has 0 unspecified atom stereocenters. The van der Waals surface area contributed by atoms with Crippen LogP contribution in [0.5, 0.6) is 0 Å². The van der Waals surface area contributed by atoms with Crippen LogP contribution in [-0.2, 0) is 9.59 Å². The van der Waals surface area contributed by atoms with Crippen LogP contribution in [0.25, 0.3) is 0 Å². The Morgan fingerprint density at radius 1 is 1.20 bits per heavy atom. The van der Waals surface area contributed by atoms with Crippen molar-refractivity contribution in [2.75, 3.05) is 19.0 Å². The van der Waals surface area contributed by atoms with Crippen LogP contribution < -0.4 is 4.90 Å². The van der Waals surface area contributed by atoms with Crippen LogP contribution in [0.3, 0.4) is 0 Å².